The Bertz CT molecular complexity index is 500. The van der Waals surface area contributed by atoms with Gasteiger partial charge in [-0.25, -0.2) is 0 Å². The number of amides is 1. The number of hydrogen-bond acceptors (Lipinski definition) is 3. The van der Waals surface area contributed by atoms with Crippen molar-refractivity contribution in [3.63, 3.8) is 0 Å². The Morgan fingerprint density at radius 2 is 2.10 bits per heavy atom. The van der Waals surface area contributed by atoms with E-state index in [0.717, 1.165) is 37.8 Å². The van der Waals surface area contributed by atoms with Crippen molar-refractivity contribution in [2.24, 2.45) is 11.7 Å². The molecule has 3 N–H and O–H groups in total. The third kappa shape index (κ3) is 4.21. The number of rotatable bonds is 5. The molecular weight excluding hydrogens is 264 g/mol. The highest BCUT2D eigenvalue weighted by atomic mass is 16.3. The number of benzene rings is 1. The minimum absolute atomic E-state index is 0.0441. The van der Waals surface area contributed by atoms with Crippen molar-refractivity contribution in [2.45, 2.75) is 52.1 Å². The number of aromatic hydroxyl groups is 1. The summed E-state index contributed by atoms with van der Waals surface area (Å²) in [4.78, 5) is 14.4. The average Bonchev–Trinajstić information content (AvgIpc) is 2.45. The van der Waals surface area contributed by atoms with Crippen LogP contribution in [-0.4, -0.2) is 28.5 Å². The lowest BCUT2D eigenvalue weighted by atomic mass is 9.96. The van der Waals surface area contributed by atoms with Crippen LogP contribution >= 0.6 is 0 Å². The molecule has 0 fully saturated rings. The molecule has 1 aromatic rings. The van der Waals surface area contributed by atoms with Crippen LogP contribution in [0.3, 0.4) is 0 Å². The van der Waals surface area contributed by atoms with Gasteiger partial charge in [-0.2, -0.15) is 0 Å². The van der Waals surface area contributed by atoms with Crippen LogP contribution in [0.4, 0.5) is 0 Å². The monoisotopic (exact) mass is 290 g/mol. The Hall–Kier alpha value is -1.55. The van der Waals surface area contributed by atoms with Gasteiger partial charge in [-0.1, -0.05) is 19.4 Å². The number of phenolic OH excluding ortho intramolecular Hbond substituents is 1. The molecule has 0 spiro atoms. The van der Waals surface area contributed by atoms with Gasteiger partial charge in [0.25, 0.3) is 0 Å². The molecule has 2 atom stereocenters. The molecule has 1 aliphatic rings. The fourth-order valence-electron chi connectivity index (χ4n) is 2.91. The van der Waals surface area contributed by atoms with Gasteiger partial charge in [0.1, 0.15) is 5.75 Å². The van der Waals surface area contributed by atoms with Gasteiger partial charge in [0.05, 0.1) is 0 Å². The zero-order valence-corrected chi connectivity index (χ0v) is 13.0. The Morgan fingerprint density at radius 1 is 1.33 bits per heavy atom. The summed E-state index contributed by atoms with van der Waals surface area (Å²) in [6.07, 6.45) is 3.72. The van der Waals surface area contributed by atoms with E-state index in [1.165, 1.54) is 5.56 Å². The average molecular weight is 290 g/mol. The van der Waals surface area contributed by atoms with E-state index in [-0.39, 0.29) is 23.6 Å². The molecule has 4 nitrogen and oxygen atoms in total. The van der Waals surface area contributed by atoms with Crippen LogP contribution in [0.1, 0.15) is 44.2 Å². The number of phenols is 1. The summed E-state index contributed by atoms with van der Waals surface area (Å²) in [5.74, 6) is 0.532. The molecule has 21 heavy (non-hydrogen) atoms. The zero-order chi connectivity index (χ0) is 15.4. The number of hydrogen-bond donors (Lipinski definition) is 2. The third-order valence-electron chi connectivity index (χ3n) is 4.23. The van der Waals surface area contributed by atoms with E-state index in [1.54, 1.807) is 12.1 Å². The van der Waals surface area contributed by atoms with Crippen molar-refractivity contribution < 1.29 is 9.90 Å². The Morgan fingerprint density at radius 3 is 2.81 bits per heavy atom. The molecule has 2 rings (SSSR count). The van der Waals surface area contributed by atoms with Crippen molar-refractivity contribution in [1.82, 2.24) is 4.90 Å². The van der Waals surface area contributed by atoms with Crippen LogP contribution in [-0.2, 0) is 17.8 Å². The van der Waals surface area contributed by atoms with Crippen molar-refractivity contribution in [3.8, 4) is 5.75 Å². The lowest BCUT2D eigenvalue weighted by Gasteiger charge is -2.31. The van der Waals surface area contributed by atoms with Crippen LogP contribution in [0.15, 0.2) is 18.2 Å². The molecule has 2 unspecified atom stereocenters. The van der Waals surface area contributed by atoms with Gasteiger partial charge in [-0.15, -0.1) is 0 Å². The topological polar surface area (TPSA) is 66.6 Å². The fourth-order valence-corrected chi connectivity index (χ4v) is 2.91. The second kappa shape index (κ2) is 6.94. The minimum Gasteiger partial charge on any atom is -0.508 e. The highest BCUT2D eigenvalue weighted by Crippen LogP contribution is 2.24. The molecule has 0 aromatic heterocycles. The van der Waals surface area contributed by atoms with Crippen LogP contribution in [0.2, 0.25) is 0 Å². The van der Waals surface area contributed by atoms with Gasteiger partial charge >= 0.3 is 0 Å². The molecule has 0 saturated carbocycles. The first-order chi connectivity index (χ1) is 9.97. The molecule has 1 aliphatic heterocycles. The van der Waals surface area contributed by atoms with Gasteiger partial charge in [-0.3, -0.25) is 4.79 Å². The lowest BCUT2D eigenvalue weighted by Crippen LogP contribution is -2.39. The molecule has 1 heterocycles. The molecule has 4 heteroatoms. The fraction of sp³-hybridized carbons (Fsp3) is 0.588. The molecule has 116 valence electrons. The number of carbonyl (C=O) groups excluding carboxylic acids is 1. The van der Waals surface area contributed by atoms with Gasteiger partial charge in [0.2, 0.25) is 5.91 Å². The van der Waals surface area contributed by atoms with Crippen molar-refractivity contribution in [3.05, 3.63) is 29.3 Å². The molecule has 0 radical (unpaired) electrons. The van der Waals surface area contributed by atoms with Gasteiger partial charge in [0, 0.05) is 25.0 Å². The maximum Gasteiger partial charge on any atom is 0.225 e. The number of nitrogens with zero attached hydrogens (tertiary/aromatic N) is 1. The summed E-state index contributed by atoms with van der Waals surface area (Å²) >= 11 is 0. The standard InChI is InChI=1S/C17H26N2O2/c1-12(4-3-5-13(2)18)17(21)19-9-8-14-6-7-16(20)10-15(14)11-19/h6-7,10,12-13,20H,3-5,8-9,11,18H2,1-2H3. The van der Waals surface area contributed by atoms with E-state index in [1.807, 2.05) is 24.8 Å². The summed E-state index contributed by atoms with van der Waals surface area (Å²) in [6.45, 7) is 5.39. The normalized spacial score (nSPS) is 17.2. The van der Waals surface area contributed by atoms with Crippen LogP contribution < -0.4 is 5.73 Å². The first kappa shape index (κ1) is 15.8. The van der Waals surface area contributed by atoms with Crippen molar-refractivity contribution in [1.29, 1.82) is 0 Å². The highest BCUT2D eigenvalue weighted by Gasteiger charge is 2.24. The lowest BCUT2D eigenvalue weighted by molar-refractivity contribution is -0.136. The Kier molecular flexibility index (Phi) is 5.23. The predicted octanol–water partition coefficient (Wildman–Crippen LogP) is 2.43. The van der Waals surface area contributed by atoms with E-state index < -0.39 is 0 Å². The summed E-state index contributed by atoms with van der Waals surface area (Å²) in [5, 5.41) is 9.58. The zero-order valence-electron chi connectivity index (χ0n) is 13.0. The molecule has 1 amide bonds. The van der Waals surface area contributed by atoms with Crippen LogP contribution in [0.25, 0.3) is 0 Å². The number of carbonyl (C=O) groups is 1. The second-order valence-electron chi connectivity index (χ2n) is 6.27. The van der Waals surface area contributed by atoms with E-state index in [2.05, 4.69) is 0 Å². The minimum atomic E-state index is 0.0441. The van der Waals surface area contributed by atoms with Crippen LogP contribution in [0, 0.1) is 5.92 Å². The number of fused-ring (bicyclic) bond motifs is 1. The van der Waals surface area contributed by atoms with Crippen LogP contribution in [0.5, 0.6) is 5.75 Å². The smallest absolute Gasteiger partial charge is 0.225 e. The van der Waals surface area contributed by atoms with Crippen molar-refractivity contribution >= 4 is 5.91 Å². The highest BCUT2D eigenvalue weighted by molar-refractivity contribution is 5.78. The maximum atomic E-state index is 12.5. The maximum absolute atomic E-state index is 12.5. The second-order valence-corrected chi connectivity index (χ2v) is 6.27. The first-order valence-electron chi connectivity index (χ1n) is 7.82. The first-order valence-corrected chi connectivity index (χ1v) is 7.82. The predicted molar refractivity (Wildman–Crippen MR) is 83.9 cm³/mol. The van der Waals surface area contributed by atoms with E-state index in [0.29, 0.717) is 6.54 Å². The Labute approximate surface area is 126 Å². The van der Waals surface area contributed by atoms with Gasteiger partial charge in [-0.05, 0) is 49.4 Å². The molecular formula is C17H26N2O2. The number of nitrogens with two attached hydrogens (primary N) is 1. The van der Waals surface area contributed by atoms with Gasteiger partial charge in [0.15, 0.2) is 0 Å². The summed E-state index contributed by atoms with van der Waals surface area (Å²) < 4.78 is 0. The van der Waals surface area contributed by atoms with Gasteiger partial charge < -0.3 is 15.7 Å². The molecule has 0 aliphatic carbocycles. The third-order valence-corrected chi connectivity index (χ3v) is 4.23. The van der Waals surface area contributed by atoms with Crippen molar-refractivity contribution in [2.75, 3.05) is 6.54 Å². The molecule has 0 bridgehead atoms. The quantitative estimate of drug-likeness (QED) is 0.875. The summed E-state index contributed by atoms with van der Waals surface area (Å²) in [7, 11) is 0. The Balaban J connectivity index is 1.92. The van der Waals surface area contributed by atoms with E-state index in [4.69, 9.17) is 5.73 Å². The molecule has 1 aromatic carbocycles. The largest absolute Gasteiger partial charge is 0.508 e. The molecule has 0 saturated heterocycles. The SMILES string of the molecule is CC(N)CCCC(C)C(=O)N1CCc2ccc(O)cc2C1. The summed E-state index contributed by atoms with van der Waals surface area (Å²) in [6, 6.07) is 5.65. The van der Waals surface area contributed by atoms with E-state index in [9.17, 15) is 9.90 Å². The summed E-state index contributed by atoms with van der Waals surface area (Å²) in [5.41, 5.74) is 8.05. The van der Waals surface area contributed by atoms with E-state index >= 15 is 0 Å².